The normalized spacial score (nSPS) is 13.3. The zero-order valence-corrected chi connectivity index (χ0v) is 12.0. The summed E-state index contributed by atoms with van der Waals surface area (Å²) in [5.41, 5.74) is 1.00. The third-order valence-corrected chi connectivity index (χ3v) is 3.52. The Bertz CT molecular complexity index is 600. The maximum absolute atomic E-state index is 11.3. The number of nitrogens with zero attached hydrogens (tertiary/aromatic N) is 2. The van der Waals surface area contributed by atoms with Crippen molar-refractivity contribution in [3.05, 3.63) is 41.5 Å². The average molecular weight is 276 g/mol. The Morgan fingerprint density at radius 3 is 2.42 bits per heavy atom. The molecule has 0 fully saturated rings. The van der Waals surface area contributed by atoms with Crippen LogP contribution in [0.4, 0.5) is 0 Å². The Labute approximate surface area is 115 Å². The molecule has 1 heterocycles. The first-order chi connectivity index (χ1) is 9.06. The van der Waals surface area contributed by atoms with Crippen LogP contribution in [0.25, 0.3) is 12.2 Å². The number of aromatic nitrogens is 2. The molecule has 1 aromatic heterocycles. The molecule has 1 atom stereocenters. The van der Waals surface area contributed by atoms with E-state index in [-0.39, 0.29) is 5.92 Å². The summed E-state index contributed by atoms with van der Waals surface area (Å²) in [7, 11) is -0.943. The summed E-state index contributed by atoms with van der Waals surface area (Å²) < 4.78 is 16.4. The summed E-state index contributed by atoms with van der Waals surface area (Å²) >= 11 is 0. The van der Waals surface area contributed by atoms with Crippen LogP contribution in [-0.2, 0) is 10.8 Å². The van der Waals surface area contributed by atoms with Crippen molar-refractivity contribution in [1.29, 1.82) is 0 Å². The summed E-state index contributed by atoms with van der Waals surface area (Å²) in [5, 5.41) is 3.88. The van der Waals surface area contributed by atoms with Crippen molar-refractivity contribution in [1.82, 2.24) is 10.1 Å². The monoisotopic (exact) mass is 276 g/mol. The molecule has 5 heteroatoms. The minimum Gasteiger partial charge on any atom is -0.339 e. The van der Waals surface area contributed by atoms with Crippen LogP contribution in [0.2, 0.25) is 0 Å². The molecule has 1 aromatic carbocycles. The van der Waals surface area contributed by atoms with Crippen LogP contribution in [0, 0.1) is 0 Å². The predicted octanol–water partition coefficient (Wildman–Crippen LogP) is 3.10. The van der Waals surface area contributed by atoms with E-state index in [0.29, 0.717) is 11.7 Å². The first-order valence-electron chi connectivity index (χ1n) is 6.01. The third kappa shape index (κ3) is 3.61. The molecule has 0 saturated heterocycles. The number of hydrogen-bond acceptors (Lipinski definition) is 4. The number of rotatable bonds is 4. The molecular weight excluding hydrogens is 260 g/mol. The summed E-state index contributed by atoms with van der Waals surface area (Å²) in [6.45, 7) is 4.01. The minimum atomic E-state index is -0.943. The molecule has 0 aliphatic carbocycles. The highest BCUT2D eigenvalue weighted by atomic mass is 32.2. The van der Waals surface area contributed by atoms with Gasteiger partial charge in [0, 0.05) is 27.9 Å². The predicted molar refractivity (Wildman–Crippen MR) is 76.1 cm³/mol. The molecule has 2 aromatic rings. The summed E-state index contributed by atoms with van der Waals surface area (Å²) in [4.78, 5) is 5.08. The van der Waals surface area contributed by atoms with Crippen LogP contribution < -0.4 is 0 Å². The molecule has 0 N–H and O–H groups in total. The molecule has 0 spiro atoms. The van der Waals surface area contributed by atoms with E-state index in [1.165, 1.54) is 0 Å². The Morgan fingerprint density at radius 2 is 1.89 bits per heavy atom. The van der Waals surface area contributed by atoms with Crippen LogP contribution in [0.15, 0.2) is 33.7 Å². The fourth-order valence-electron chi connectivity index (χ4n) is 1.49. The van der Waals surface area contributed by atoms with Gasteiger partial charge < -0.3 is 4.52 Å². The second-order valence-electron chi connectivity index (χ2n) is 4.50. The van der Waals surface area contributed by atoms with E-state index in [0.717, 1.165) is 10.5 Å². The van der Waals surface area contributed by atoms with E-state index >= 15 is 0 Å². The summed E-state index contributed by atoms with van der Waals surface area (Å²) in [6, 6.07) is 7.53. The van der Waals surface area contributed by atoms with Gasteiger partial charge in [-0.3, -0.25) is 4.21 Å². The molecule has 1 unspecified atom stereocenters. The summed E-state index contributed by atoms with van der Waals surface area (Å²) in [5.74, 6) is 1.43. The molecule has 0 bridgehead atoms. The Hall–Kier alpha value is -1.75. The second kappa shape index (κ2) is 5.93. The zero-order valence-electron chi connectivity index (χ0n) is 11.2. The molecule has 100 valence electrons. The van der Waals surface area contributed by atoms with Crippen LogP contribution in [-0.4, -0.2) is 20.6 Å². The van der Waals surface area contributed by atoms with Gasteiger partial charge in [-0.15, -0.1) is 0 Å². The highest BCUT2D eigenvalue weighted by molar-refractivity contribution is 7.84. The van der Waals surface area contributed by atoms with Gasteiger partial charge in [-0.25, -0.2) is 0 Å². The SMILES string of the molecule is CC(C)c1nc(C=Cc2ccc(S(C)=O)cc2)no1. The van der Waals surface area contributed by atoms with Gasteiger partial charge >= 0.3 is 0 Å². The van der Waals surface area contributed by atoms with Gasteiger partial charge in [0.1, 0.15) is 0 Å². The van der Waals surface area contributed by atoms with E-state index < -0.39 is 10.8 Å². The van der Waals surface area contributed by atoms with E-state index in [9.17, 15) is 4.21 Å². The van der Waals surface area contributed by atoms with Crippen molar-refractivity contribution in [2.75, 3.05) is 6.26 Å². The number of hydrogen-bond donors (Lipinski definition) is 0. The first-order valence-corrected chi connectivity index (χ1v) is 7.57. The van der Waals surface area contributed by atoms with Crippen molar-refractivity contribution in [2.45, 2.75) is 24.7 Å². The molecule has 0 amide bonds. The Balaban J connectivity index is 2.11. The second-order valence-corrected chi connectivity index (χ2v) is 5.88. The smallest absolute Gasteiger partial charge is 0.229 e. The van der Waals surface area contributed by atoms with Gasteiger partial charge in [0.2, 0.25) is 5.89 Å². The standard InChI is InChI=1S/C14H16N2O2S/c1-10(2)14-15-13(16-18-14)9-6-11-4-7-12(8-5-11)19(3)17/h4-10H,1-3H3. The lowest BCUT2D eigenvalue weighted by atomic mass is 10.2. The fraction of sp³-hybridized carbons (Fsp3) is 0.286. The van der Waals surface area contributed by atoms with Crippen LogP contribution in [0.3, 0.4) is 0 Å². The van der Waals surface area contributed by atoms with E-state index in [1.807, 2.05) is 44.2 Å². The molecule has 2 rings (SSSR count). The first kappa shape index (κ1) is 13.7. The lowest BCUT2D eigenvalue weighted by Gasteiger charge is -1.96. The van der Waals surface area contributed by atoms with Gasteiger partial charge in [-0.05, 0) is 23.8 Å². The van der Waals surface area contributed by atoms with Crippen molar-refractivity contribution >= 4 is 23.0 Å². The van der Waals surface area contributed by atoms with E-state index in [2.05, 4.69) is 10.1 Å². The van der Waals surface area contributed by atoms with Gasteiger partial charge in [0.05, 0.1) is 0 Å². The third-order valence-electron chi connectivity index (χ3n) is 2.59. The maximum Gasteiger partial charge on any atom is 0.229 e. The lowest BCUT2D eigenvalue weighted by Crippen LogP contribution is -1.86. The average Bonchev–Trinajstić information content (AvgIpc) is 2.86. The molecule has 0 saturated carbocycles. The fourth-order valence-corrected chi connectivity index (χ4v) is 2.01. The van der Waals surface area contributed by atoms with Crippen molar-refractivity contribution < 1.29 is 8.73 Å². The molecule has 0 radical (unpaired) electrons. The summed E-state index contributed by atoms with van der Waals surface area (Å²) in [6.07, 6.45) is 5.36. The van der Waals surface area contributed by atoms with Gasteiger partial charge in [-0.2, -0.15) is 4.98 Å². The highest BCUT2D eigenvalue weighted by Gasteiger charge is 2.07. The van der Waals surface area contributed by atoms with Gasteiger partial charge in [0.15, 0.2) is 5.82 Å². The van der Waals surface area contributed by atoms with E-state index in [1.54, 1.807) is 12.3 Å². The molecule has 0 aliphatic rings. The molecule has 19 heavy (non-hydrogen) atoms. The Morgan fingerprint density at radius 1 is 1.21 bits per heavy atom. The zero-order chi connectivity index (χ0) is 13.8. The van der Waals surface area contributed by atoms with E-state index in [4.69, 9.17) is 4.52 Å². The number of benzene rings is 1. The Kier molecular flexibility index (Phi) is 4.27. The maximum atomic E-state index is 11.3. The molecule has 0 aliphatic heterocycles. The largest absolute Gasteiger partial charge is 0.339 e. The minimum absolute atomic E-state index is 0.230. The molecular formula is C14H16N2O2S. The lowest BCUT2D eigenvalue weighted by molar-refractivity contribution is 0.364. The van der Waals surface area contributed by atoms with Crippen LogP contribution in [0.1, 0.15) is 37.0 Å². The van der Waals surface area contributed by atoms with Crippen LogP contribution in [0.5, 0.6) is 0 Å². The van der Waals surface area contributed by atoms with Crippen LogP contribution >= 0.6 is 0 Å². The van der Waals surface area contributed by atoms with Gasteiger partial charge in [0.25, 0.3) is 0 Å². The quantitative estimate of drug-likeness (QED) is 0.861. The van der Waals surface area contributed by atoms with Crippen molar-refractivity contribution in [3.8, 4) is 0 Å². The highest BCUT2D eigenvalue weighted by Crippen LogP contribution is 2.13. The van der Waals surface area contributed by atoms with Crippen molar-refractivity contribution in [2.24, 2.45) is 0 Å². The molecule has 4 nitrogen and oxygen atoms in total. The topological polar surface area (TPSA) is 56.0 Å². The van der Waals surface area contributed by atoms with Crippen molar-refractivity contribution in [3.63, 3.8) is 0 Å². The van der Waals surface area contributed by atoms with Gasteiger partial charge in [-0.1, -0.05) is 37.2 Å².